The molecule has 0 amide bonds. The molecule has 0 spiro atoms. The zero-order valence-electron chi connectivity index (χ0n) is 13.1. The van der Waals surface area contributed by atoms with Gasteiger partial charge in [-0.05, 0) is 6.92 Å². The van der Waals surface area contributed by atoms with E-state index >= 15 is 0 Å². The molecule has 0 aliphatic carbocycles. The summed E-state index contributed by atoms with van der Waals surface area (Å²) in [5.41, 5.74) is 0.962. The van der Waals surface area contributed by atoms with Crippen LogP contribution in [0, 0.1) is 0 Å². The molecular formula is C13H28O6Si. The Kier molecular flexibility index (Phi) is 12.3. The second-order valence-electron chi connectivity index (χ2n) is 4.34. The van der Waals surface area contributed by atoms with E-state index in [1.807, 2.05) is 6.92 Å². The Balaban J connectivity index is 4.61. The molecule has 0 saturated heterocycles. The number of methoxy groups -OCH3 is 3. The molecule has 120 valence electrons. The summed E-state index contributed by atoms with van der Waals surface area (Å²) in [5.74, 6) is 0. The van der Waals surface area contributed by atoms with Gasteiger partial charge in [-0.25, -0.2) is 0 Å². The number of hydrogen-bond donors (Lipinski definition) is 0. The summed E-state index contributed by atoms with van der Waals surface area (Å²) in [5, 5.41) is 0. The summed E-state index contributed by atoms with van der Waals surface area (Å²) in [6, 6.07) is 0.574. The highest BCUT2D eigenvalue weighted by Crippen LogP contribution is 2.20. The SMILES string of the molecule is C=C(C)C[Si](OCCOC)(OCCOC)OCCOC. The molecule has 0 rings (SSSR count). The summed E-state index contributed by atoms with van der Waals surface area (Å²) in [6.45, 7) is 8.61. The van der Waals surface area contributed by atoms with Gasteiger partial charge in [-0.3, -0.25) is 0 Å². The molecule has 0 unspecified atom stereocenters. The standard InChI is InChI=1S/C13H28O6Si/c1-13(2)12-20(17-9-6-14-3,18-10-7-15-4)19-11-8-16-5/h1,6-12H2,2-5H3. The molecule has 6 nitrogen and oxygen atoms in total. The zero-order valence-corrected chi connectivity index (χ0v) is 14.1. The lowest BCUT2D eigenvalue weighted by atomic mass is 10.4. The number of allylic oxidation sites excluding steroid dienone is 1. The van der Waals surface area contributed by atoms with Gasteiger partial charge < -0.3 is 27.5 Å². The molecule has 0 aromatic rings. The van der Waals surface area contributed by atoms with Crippen LogP contribution in [0.25, 0.3) is 0 Å². The predicted octanol–water partition coefficient (Wildman–Crippen LogP) is 1.49. The van der Waals surface area contributed by atoms with Gasteiger partial charge in [-0.15, -0.1) is 6.58 Å². The van der Waals surface area contributed by atoms with Crippen LogP contribution in [0.5, 0.6) is 0 Å². The first kappa shape index (κ1) is 19.7. The van der Waals surface area contributed by atoms with Crippen molar-refractivity contribution < 1.29 is 27.5 Å². The first-order valence-electron chi connectivity index (χ1n) is 6.63. The van der Waals surface area contributed by atoms with Gasteiger partial charge in [0.1, 0.15) is 0 Å². The molecular weight excluding hydrogens is 280 g/mol. The Bertz CT molecular complexity index is 222. The molecule has 0 aliphatic heterocycles. The lowest BCUT2D eigenvalue weighted by Crippen LogP contribution is -2.48. The van der Waals surface area contributed by atoms with E-state index in [0.717, 1.165) is 5.57 Å². The topological polar surface area (TPSA) is 55.4 Å². The monoisotopic (exact) mass is 308 g/mol. The van der Waals surface area contributed by atoms with Gasteiger partial charge in [0.05, 0.1) is 39.6 Å². The fraction of sp³-hybridized carbons (Fsp3) is 0.846. The van der Waals surface area contributed by atoms with Crippen molar-refractivity contribution in [2.24, 2.45) is 0 Å². The van der Waals surface area contributed by atoms with E-state index in [-0.39, 0.29) is 0 Å². The first-order chi connectivity index (χ1) is 9.60. The van der Waals surface area contributed by atoms with Crippen LogP contribution >= 0.6 is 0 Å². The highest BCUT2D eigenvalue weighted by atomic mass is 28.4. The van der Waals surface area contributed by atoms with Crippen LogP contribution in [-0.4, -0.2) is 69.8 Å². The average Bonchev–Trinajstić information content (AvgIpc) is 2.39. The normalized spacial score (nSPS) is 11.8. The summed E-state index contributed by atoms with van der Waals surface area (Å²) < 4.78 is 32.6. The summed E-state index contributed by atoms with van der Waals surface area (Å²) in [4.78, 5) is 0. The van der Waals surface area contributed by atoms with Crippen LogP contribution < -0.4 is 0 Å². The second-order valence-corrected chi connectivity index (χ2v) is 6.93. The van der Waals surface area contributed by atoms with E-state index < -0.39 is 8.80 Å². The highest BCUT2D eigenvalue weighted by molar-refractivity contribution is 6.61. The molecule has 0 bridgehead atoms. The van der Waals surface area contributed by atoms with Crippen molar-refractivity contribution in [2.45, 2.75) is 13.0 Å². The fourth-order valence-corrected chi connectivity index (χ4v) is 3.97. The molecule has 0 atom stereocenters. The van der Waals surface area contributed by atoms with E-state index in [0.29, 0.717) is 45.7 Å². The largest absolute Gasteiger partial charge is 0.505 e. The van der Waals surface area contributed by atoms with Gasteiger partial charge in [-0.2, -0.15) is 0 Å². The maximum absolute atomic E-state index is 5.87. The quantitative estimate of drug-likeness (QED) is 0.275. The summed E-state index contributed by atoms with van der Waals surface area (Å²) in [6.07, 6.45) is 0. The third kappa shape index (κ3) is 9.59. The van der Waals surface area contributed by atoms with Gasteiger partial charge in [0.25, 0.3) is 0 Å². The predicted molar refractivity (Wildman–Crippen MR) is 78.9 cm³/mol. The number of rotatable bonds is 14. The molecule has 0 radical (unpaired) electrons. The molecule has 0 aliphatic rings. The van der Waals surface area contributed by atoms with Crippen LogP contribution in [-0.2, 0) is 27.5 Å². The molecule has 0 saturated carbocycles. The van der Waals surface area contributed by atoms with E-state index in [1.54, 1.807) is 21.3 Å². The van der Waals surface area contributed by atoms with Gasteiger partial charge in [0, 0.05) is 27.4 Å². The number of hydrogen-bond acceptors (Lipinski definition) is 6. The third-order valence-corrected chi connectivity index (χ3v) is 5.31. The van der Waals surface area contributed by atoms with Crippen molar-refractivity contribution in [3.05, 3.63) is 12.2 Å². The molecule has 20 heavy (non-hydrogen) atoms. The smallest absolute Gasteiger partial charge is 0.382 e. The maximum Gasteiger partial charge on any atom is 0.505 e. The second kappa shape index (κ2) is 12.5. The summed E-state index contributed by atoms with van der Waals surface area (Å²) >= 11 is 0. The van der Waals surface area contributed by atoms with Crippen LogP contribution in [0.15, 0.2) is 12.2 Å². The Morgan fingerprint density at radius 1 is 0.750 bits per heavy atom. The maximum atomic E-state index is 5.87. The van der Waals surface area contributed by atoms with Gasteiger partial charge >= 0.3 is 8.80 Å². The van der Waals surface area contributed by atoms with Crippen molar-refractivity contribution in [1.82, 2.24) is 0 Å². The number of ether oxygens (including phenoxy) is 3. The van der Waals surface area contributed by atoms with Crippen molar-refractivity contribution in [1.29, 1.82) is 0 Å². The third-order valence-electron chi connectivity index (χ3n) is 2.35. The molecule has 0 aromatic heterocycles. The van der Waals surface area contributed by atoms with E-state index in [1.165, 1.54) is 0 Å². The van der Waals surface area contributed by atoms with E-state index in [2.05, 4.69) is 6.58 Å². The van der Waals surface area contributed by atoms with Crippen molar-refractivity contribution in [3.63, 3.8) is 0 Å². The Morgan fingerprint density at radius 3 is 1.35 bits per heavy atom. The van der Waals surface area contributed by atoms with E-state index in [9.17, 15) is 0 Å². The molecule has 0 heterocycles. The van der Waals surface area contributed by atoms with Crippen LogP contribution in [0.1, 0.15) is 6.92 Å². The van der Waals surface area contributed by atoms with Crippen LogP contribution in [0.2, 0.25) is 6.04 Å². The van der Waals surface area contributed by atoms with Crippen molar-refractivity contribution in [2.75, 3.05) is 61.0 Å². The molecule has 7 heteroatoms. The van der Waals surface area contributed by atoms with Gasteiger partial charge in [-0.1, -0.05) is 5.57 Å². The van der Waals surface area contributed by atoms with Crippen molar-refractivity contribution >= 4 is 8.80 Å². The summed E-state index contributed by atoms with van der Waals surface area (Å²) in [7, 11) is 2.07. The van der Waals surface area contributed by atoms with Gasteiger partial charge in [0.15, 0.2) is 0 Å². The van der Waals surface area contributed by atoms with Gasteiger partial charge in [0.2, 0.25) is 0 Å². The molecule has 0 fully saturated rings. The Morgan fingerprint density at radius 2 is 1.10 bits per heavy atom. The minimum atomic E-state index is -2.81. The fourth-order valence-electron chi connectivity index (χ4n) is 1.49. The molecule has 0 N–H and O–H groups in total. The van der Waals surface area contributed by atoms with Crippen LogP contribution in [0.3, 0.4) is 0 Å². The highest BCUT2D eigenvalue weighted by Gasteiger charge is 2.41. The minimum Gasteiger partial charge on any atom is -0.382 e. The van der Waals surface area contributed by atoms with Crippen LogP contribution in [0.4, 0.5) is 0 Å². The lowest BCUT2D eigenvalue weighted by molar-refractivity contribution is 0.0161. The lowest BCUT2D eigenvalue weighted by Gasteiger charge is -2.29. The average molecular weight is 308 g/mol. The minimum absolute atomic E-state index is 0.427. The zero-order chi connectivity index (χ0) is 15.3. The Labute approximate surface area is 123 Å². The Hall–Kier alpha value is -0.283. The molecule has 0 aromatic carbocycles. The first-order valence-corrected chi connectivity index (χ1v) is 8.56. The van der Waals surface area contributed by atoms with Crippen molar-refractivity contribution in [3.8, 4) is 0 Å². The van der Waals surface area contributed by atoms with E-state index in [4.69, 9.17) is 27.5 Å².